The van der Waals surface area contributed by atoms with Crippen molar-refractivity contribution in [1.82, 2.24) is 0 Å². The molecule has 1 aromatic carbocycles. The first kappa shape index (κ1) is 13.2. The molecule has 19 heavy (non-hydrogen) atoms. The summed E-state index contributed by atoms with van der Waals surface area (Å²) in [5.41, 5.74) is 12.4. The molecule has 1 heterocycles. The van der Waals surface area contributed by atoms with Gasteiger partial charge in [-0.3, -0.25) is 0 Å². The summed E-state index contributed by atoms with van der Waals surface area (Å²) in [6.07, 6.45) is 2.63. The van der Waals surface area contributed by atoms with Gasteiger partial charge in [0, 0.05) is 17.5 Å². The summed E-state index contributed by atoms with van der Waals surface area (Å²) in [4.78, 5) is 0. The number of nitrogens with zero attached hydrogens (tertiary/aromatic N) is 2. The van der Waals surface area contributed by atoms with Crippen molar-refractivity contribution < 1.29 is 9.47 Å². The Morgan fingerprint density at radius 2 is 2.32 bits per heavy atom. The Labute approximate surface area is 112 Å². The molecule has 2 rings (SSSR count). The van der Waals surface area contributed by atoms with Crippen LogP contribution in [0, 0.1) is 0 Å². The maximum Gasteiger partial charge on any atom is 0.211 e. The van der Waals surface area contributed by atoms with Crippen LogP contribution in [-0.4, -0.2) is 24.9 Å². The third kappa shape index (κ3) is 3.15. The summed E-state index contributed by atoms with van der Waals surface area (Å²) in [5.74, 6) is 1.54. The van der Waals surface area contributed by atoms with Gasteiger partial charge >= 0.3 is 0 Å². The Balaban J connectivity index is 2.33. The number of guanidine groups is 1. The molecule has 0 saturated carbocycles. The summed E-state index contributed by atoms with van der Waals surface area (Å²) in [5, 5.41) is 7.38. The SMILES string of the molecule is CCOc1cc2c(cc1C=NN=C(N)N)O[C@@H](C)C2. The quantitative estimate of drug-likeness (QED) is 0.481. The molecule has 1 aliphatic rings. The molecule has 0 aliphatic carbocycles. The second-order valence-electron chi connectivity index (χ2n) is 4.33. The molecule has 0 fully saturated rings. The van der Waals surface area contributed by atoms with Crippen molar-refractivity contribution in [3.05, 3.63) is 23.3 Å². The van der Waals surface area contributed by atoms with Gasteiger partial charge in [-0.1, -0.05) is 0 Å². The Hall–Kier alpha value is -2.24. The van der Waals surface area contributed by atoms with Gasteiger partial charge in [0.25, 0.3) is 0 Å². The van der Waals surface area contributed by atoms with Crippen molar-refractivity contribution in [2.24, 2.45) is 21.7 Å². The predicted molar refractivity (Wildman–Crippen MR) is 74.8 cm³/mol. The lowest BCUT2D eigenvalue weighted by Crippen LogP contribution is -2.21. The molecule has 1 aliphatic heterocycles. The number of hydrogen-bond acceptors (Lipinski definition) is 4. The number of rotatable bonds is 4. The monoisotopic (exact) mass is 262 g/mol. The van der Waals surface area contributed by atoms with Crippen LogP contribution in [0.4, 0.5) is 0 Å². The van der Waals surface area contributed by atoms with Crippen LogP contribution >= 0.6 is 0 Å². The number of benzene rings is 1. The highest BCUT2D eigenvalue weighted by Gasteiger charge is 2.21. The summed E-state index contributed by atoms with van der Waals surface area (Å²) >= 11 is 0. The standard InChI is InChI=1S/C13H18N4O2/c1-3-18-11-5-9-4-8(2)19-12(9)6-10(11)7-16-17-13(14)15/h5-8H,3-4H2,1-2H3,(H4,14,15,17)/t8-/m0/s1. The first-order chi connectivity index (χ1) is 9.10. The summed E-state index contributed by atoms with van der Waals surface area (Å²) in [6.45, 7) is 4.55. The maximum absolute atomic E-state index is 5.71. The number of ether oxygens (including phenoxy) is 2. The molecule has 0 radical (unpaired) electrons. The largest absolute Gasteiger partial charge is 0.493 e. The van der Waals surface area contributed by atoms with E-state index in [2.05, 4.69) is 10.2 Å². The summed E-state index contributed by atoms with van der Waals surface area (Å²) in [7, 11) is 0. The molecule has 1 atom stereocenters. The molecule has 6 heteroatoms. The lowest BCUT2D eigenvalue weighted by Gasteiger charge is -2.09. The van der Waals surface area contributed by atoms with Crippen LogP contribution in [0.25, 0.3) is 0 Å². The van der Waals surface area contributed by atoms with Crippen LogP contribution in [0.15, 0.2) is 22.3 Å². The molecule has 0 saturated heterocycles. The first-order valence-electron chi connectivity index (χ1n) is 6.18. The minimum absolute atomic E-state index is 0.0831. The fourth-order valence-corrected chi connectivity index (χ4v) is 1.99. The zero-order valence-corrected chi connectivity index (χ0v) is 11.1. The van der Waals surface area contributed by atoms with Gasteiger partial charge in [0.15, 0.2) is 0 Å². The van der Waals surface area contributed by atoms with Crippen LogP contribution in [-0.2, 0) is 6.42 Å². The Morgan fingerprint density at radius 3 is 3.00 bits per heavy atom. The average molecular weight is 262 g/mol. The summed E-state index contributed by atoms with van der Waals surface area (Å²) < 4.78 is 11.3. The first-order valence-corrected chi connectivity index (χ1v) is 6.18. The van der Waals surface area contributed by atoms with Crippen molar-refractivity contribution in [3.8, 4) is 11.5 Å². The van der Waals surface area contributed by atoms with E-state index in [9.17, 15) is 0 Å². The van der Waals surface area contributed by atoms with Crippen molar-refractivity contribution in [1.29, 1.82) is 0 Å². The molecule has 0 amide bonds. The summed E-state index contributed by atoms with van der Waals surface area (Å²) in [6, 6.07) is 3.88. The molecular weight excluding hydrogens is 244 g/mol. The van der Waals surface area contributed by atoms with Gasteiger partial charge in [-0.05, 0) is 26.0 Å². The van der Waals surface area contributed by atoms with Crippen molar-refractivity contribution in [2.75, 3.05) is 6.61 Å². The molecule has 102 valence electrons. The Bertz CT molecular complexity index is 522. The molecule has 0 bridgehead atoms. The fraction of sp³-hybridized carbons (Fsp3) is 0.385. The minimum Gasteiger partial charge on any atom is -0.493 e. The zero-order chi connectivity index (χ0) is 13.8. The third-order valence-electron chi connectivity index (χ3n) is 2.70. The van der Waals surface area contributed by atoms with Crippen molar-refractivity contribution in [3.63, 3.8) is 0 Å². The predicted octanol–water partition coefficient (Wildman–Crippen LogP) is 1.02. The fourth-order valence-electron chi connectivity index (χ4n) is 1.99. The highest BCUT2D eigenvalue weighted by molar-refractivity contribution is 5.85. The van der Waals surface area contributed by atoms with Gasteiger partial charge in [-0.15, -0.1) is 5.10 Å². The molecular formula is C13H18N4O2. The van der Waals surface area contributed by atoms with E-state index in [-0.39, 0.29) is 12.1 Å². The van der Waals surface area contributed by atoms with Crippen LogP contribution in [0.3, 0.4) is 0 Å². The van der Waals surface area contributed by atoms with Crippen LogP contribution < -0.4 is 20.9 Å². The van der Waals surface area contributed by atoms with Gasteiger partial charge in [-0.25, -0.2) is 0 Å². The van der Waals surface area contributed by atoms with E-state index in [0.717, 1.165) is 29.0 Å². The van der Waals surface area contributed by atoms with E-state index in [1.807, 2.05) is 26.0 Å². The van der Waals surface area contributed by atoms with Gasteiger partial charge in [0.2, 0.25) is 5.96 Å². The molecule has 6 nitrogen and oxygen atoms in total. The van der Waals surface area contributed by atoms with E-state index < -0.39 is 0 Å². The molecule has 0 spiro atoms. The van der Waals surface area contributed by atoms with Crippen molar-refractivity contribution >= 4 is 12.2 Å². The van der Waals surface area contributed by atoms with E-state index in [0.29, 0.717) is 6.61 Å². The molecule has 4 N–H and O–H groups in total. The number of fused-ring (bicyclic) bond motifs is 1. The second kappa shape index (κ2) is 5.60. The number of hydrogen-bond donors (Lipinski definition) is 2. The van der Waals surface area contributed by atoms with E-state index in [1.54, 1.807) is 6.21 Å². The smallest absolute Gasteiger partial charge is 0.211 e. The van der Waals surface area contributed by atoms with E-state index in [1.165, 1.54) is 0 Å². The average Bonchev–Trinajstić information content (AvgIpc) is 2.68. The number of nitrogens with two attached hydrogens (primary N) is 2. The minimum atomic E-state index is -0.0831. The topological polar surface area (TPSA) is 95.2 Å². The van der Waals surface area contributed by atoms with Crippen LogP contribution in [0.5, 0.6) is 11.5 Å². The Kier molecular flexibility index (Phi) is 3.89. The van der Waals surface area contributed by atoms with Crippen LogP contribution in [0.1, 0.15) is 25.0 Å². The second-order valence-corrected chi connectivity index (χ2v) is 4.33. The molecule has 0 unspecified atom stereocenters. The van der Waals surface area contributed by atoms with Crippen LogP contribution in [0.2, 0.25) is 0 Å². The lowest BCUT2D eigenvalue weighted by atomic mass is 10.1. The Morgan fingerprint density at radius 1 is 1.53 bits per heavy atom. The normalized spacial score (nSPS) is 17.1. The van der Waals surface area contributed by atoms with Gasteiger partial charge < -0.3 is 20.9 Å². The van der Waals surface area contributed by atoms with E-state index >= 15 is 0 Å². The third-order valence-corrected chi connectivity index (χ3v) is 2.70. The molecule has 1 aromatic rings. The molecule has 0 aromatic heterocycles. The highest BCUT2D eigenvalue weighted by Crippen LogP contribution is 2.34. The lowest BCUT2D eigenvalue weighted by molar-refractivity contribution is 0.254. The van der Waals surface area contributed by atoms with Crippen molar-refractivity contribution in [2.45, 2.75) is 26.4 Å². The maximum atomic E-state index is 5.71. The van der Waals surface area contributed by atoms with E-state index in [4.69, 9.17) is 20.9 Å². The zero-order valence-electron chi connectivity index (χ0n) is 11.1. The van der Waals surface area contributed by atoms with Gasteiger partial charge in [-0.2, -0.15) is 5.10 Å². The van der Waals surface area contributed by atoms with Gasteiger partial charge in [0.1, 0.15) is 17.6 Å². The van der Waals surface area contributed by atoms with Gasteiger partial charge in [0.05, 0.1) is 12.8 Å². The highest BCUT2D eigenvalue weighted by atomic mass is 16.5.